The van der Waals surface area contributed by atoms with Gasteiger partial charge in [-0.1, -0.05) is 43.3 Å². The molecule has 2 aromatic rings. The van der Waals surface area contributed by atoms with E-state index in [1.165, 1.54) is 0 Å². The average Bonchev–Trinajstić information content (AvgIpc) is 2.65. The van der Waals surface area contributed by atoms with Crippen molar-refractivity contribution < 1.29 is 9.59 Å². The second-order valence-corrected chi connectivity index (χ2v) is 5.42. The maximum Gasteiger partial charge on any atom is 0.271 e. The molecule has 25 heavy (non-hydrogen) atoms. The molecule has 2 amide bonds. The Labute approximate surface area is 147 Å². The first-order valence-corrected chi connectivity index (χ1v) is 8.06. The molecule has 0 aliphatic carbocycles. The van der Waals surface area contributed by atoms with E-state index in [-0.39, 0.29) is 11.8 Å². The number of amides is 2. The van der Waals surface area contributed by atoms with Gasteiger partial charge < -0.3 is 5.32 Å². The fourth-order valence-corrected chi connectivity index (χ4v) is 1.98. The second-order valence-electron chi connectivity index (χ2n) is 5.42. The van der Waals surface area contributed by atoms with Crippen molar-refractivity contribution in [3.05, 3.63) is 71.8 Å². The van der Waals surface area contributed by atoms with Crippen LogP contribution in [0, 0.1) is 0 Å². The van der Waals surface area contributed by atoms with Crippen LogP contribution in [0.2, 0.25) is 0 Å². The fraction of sp³-hybridized carbons (Fsp3) is 0.150. The number of rotatable bonds is 6. The number of nitrogens with zero attached hydrogens (tertiary/aromatic N) is 1. The molecule has 0 unspecified atom stereocenters. The molecular weight excluding hydrogens is 314 g/mol. The molecule has 2 rings (SSSR count). The number of allylic oxidation sites excluding steroid dienone is 1. The predicted molar refractivity (Wildman–Crippen MR) is 101 cm³/mol. The van der Waals surface area contributed by atoms with Gasteiger partial charge in [0, 0.05) is 17.7 Å². The van der Waals surface area contributed by atoms with Crippen molar-refractivity contribution in [2.24, 2.45) is 5.10 Å². The third-order valence-electron chi connectivity index (χ3n) is 3.40. The summed E-state index contributed by atoms with van der Waals surface area (Å²) in [6, 6.07) is 16.5. The third-order valence-corrected chi connectivity index (χ3v) is 3.40. The van der Waals surface area contributed by atoms with Gasteiger partial charge in [0.05, 0.1) is 5.71 Å². The summed E-state index contributed by atoms with van der Waals surface area (Å²) in [6.45, 7) is 3.59. The molecule has 0 fully saturated rings. The SMILES string of the molecule is CCC(=O)Nc1ccc(C(=O)N/N=C(C)\C=C\c2ccccc2)cc1. The van der Waals surface area contributed by atoms with E-state index in [4.69, 9.17) is 0 Å². The van der Waals surface area contributed by atoms with Crippen molar-refractivity contribution in [3.8, 4) is 0 Å². The molecule has 0 saturated heterocycles. The van der Waals surface area contributed by atoms with Crippen LogP contribution in [-0.2, 0) is 4.79 Å². The van der Waals surface area contributed by atoms with Crippen molar-refractivity contribution in [1.29, 1.82) is 0 Å². The summed E-state index contributed by atoms with van der Waals surface area (Å²) < 4.78 is 0. The Balaban J connectivity index is 1.92. The van der Waals surface area contributed by atoms with E-state index < -0.39 is 0 Å². The minimum Gasteiger partial charge on any atom is -0.326 e. The van der Waals surface area contributed by atoms with Gasteiger partial charge in [0.2, 0.25) is 5.91 Å². The summed E-state index contributed by atoms with van der Waals surface area (Å²) in [7, 11) is 0. The molecule has 128 valence electrons. The molecule has 0 bridgehead atoms. The number of carbonyl (C=O) groups excluding carboxylic acids is 2. The Morgan fingerprint density at radius 1 is 1.04 bits per heavy atom. The summed E-state index contributed by atoms with van der Waals surface area (Å²) in [5.41, 5.74) is 5.40. The maximum absolute atomic E-state index is 12.1. The van der Waals surface area contributed by atoms with Crippen LogP contribution in [0.5, 0.6) is 0 Å². The molecule has 5 heteroatoms. The molecule has 0 saturated carbocycles. The van der Waals surface area contributed by atoms with Crippen LogP contribution < -0.4 is 10.7 Å². The zero-order valence-electron chi connectivity index (χ0n) is 14.3. The highest BCUT2D eigenvalue weighted by molar-refractivity contribution is 5.99. The van der Waals surface area contributed by atoms with E-state index in [1.54, 1.807) is 31.2 Å². The van der Waals surface area contributed by atoms with Crippen molar-refractivity contribution >= 4 is 29.3 Å². The average molecular weight is 335 g/mol. The number of hydrazone groups is 1. The molecule has 2 N–H and O–H groups in total. The van der Waals surface area contributed by atoms with E-state index >= 15 is 0 Å². The Hall–Kier alpha value is -3.21. The minimum atomic E-state index is -0.305. The van der Waals surface area contributed by atoms with Crippen molar-refractivity contribution in [2.45, 2.75) is 20.3 Å². The lowest BCUT2D eigenvalue weighted by Crippen LogP contribution is -2.18. The molecule has 0 heterocycles. The first kappa shape index (κ1) is 18.1. The number of anilines is 1. The Morgan fingerprint density at radius 3 is 2.36 bits per heavy atom. The van der Waals surface area contributed by atoms with Crippen molar-refractivity contribution in [1.82, 2.24) is 5.43 Å². The van der Waals surface area contributed by atoms with E-state index in [9.17, 15) is 9.59 Å². The molecule has 0 radical (unpaired) electrons. The van der Waals surface area contributed by atoms with E-state index in [2.05, 4.69) is 15.8 Å². The highest BCUT2D eigenvalue weighted by Gasteiger charge is 2.05. The zero-order chi connectivity index (χ0) is 18.1. The lowest BCUT2D eigenvalue weighted by atomic mass is 10.2. The van der Waals surface area contributed by atoms with Crippen molar-refractivity contribution in [3.63, 3.8) is 0 Å². The summed E-state index contributed by atoms with van der Waals surface area (Å²) in [5.74, 6) is -0.372. The lowest BCUT2D eigenvalue weighted by molar-refractivity contribution is -0.115. The van der Waals surface area contributed by atoms with Crippen LogP contribution >= 0.6 is 0 Å². The summed E-state index contributed by atoms with van der Waals surface area (Å²) >= 11 is 0. The number of hydrogen-bond acceptors (Lipinski definition) is 3. The quantitative estimate of drug-likeness (QED) is 0.622. The molecule has 0 spiro atoms. The molecular formula is C20H21N3O2. The highest BCUT2D eigenvalue weighted by Crippen LogP contribution is 2.10. The summed E-state index contributed by atoms with van der Waals surface area (Å²) in [6.07, 6.45) is 4.17. The molecule has 0 atom stereocenters. The van der Waals surface area contributed by atoms with Crippen LogP contribution in [-0.4, -0.2) is 17.5 Å². The van der Waals surface area contributed by atoms with Gasteiger partial charge >= 0.3 is 0 Å². The van der Waals surface area contributed by atoms with Gasteiger partial charge in [-0.05, 0) is 42.8 Å². The van der Waals surface area contributed by atoms with Crippen LogP contribution in [0.15, 0.2) is 65.8 Å². The van der Waals surface area contributed by atoms with Gasteiger partial charge in [0.25, 0.3) is 5.91 Å². The Bertz CT molecular complexity index is 778. The summed E-state index contributed by atoms with van der Waals surface area (Å²) in [5, 5.41) is 6.79. The molecule has 5 nitrogen and oxygen atoms in total. The standard InChI is InChI=1S/C20H21N3O2/c1-3-19(24)21-18-13-11-17(12-14-18)20(25)23-22-15(2)9-10-16-7-5-4-6-8-16/h4-14H,3H2,1-2H3,(H,21,24)(H,23,25)/b10-9+,22-15-. The van der Waals surface area contributed by atoms with Gasteiger partial charge in [-0.25, -0.2) is 5.43 Å². The maximum atomic E-state index is 12.1. The molecule has 0 aliphatic rings. The predicted octanol–water partition coefficient (Wildman–Crippen LogP) is 3.85. The Kier molecular flexibility index (Phi) is 6.65. The molecule has 0 aromatic heterocycles. The van der Waals surface area contributed by atoms with Crippen LogP contribution in [0.3, 0.4) is 0 Å². The second kappa shape index (κ2) is 9.17. The number of hydrogen-bond donors (Lipinski definition) is 2. The first-order valence-electron chi connectivity index (χ1n) is 8.06. The van der Waals surface area contributed by atoms with E-state index in [0.29, 0.717) is 23.4 Å². The van der Waals surface area contributed by atoms with E-state index in [0.717, 1.165) is 5.56 Å². The lowest BCUT2D eigenvalue weighted by Gasteiger charge is -2.05. The minimum absolute atomic E-state index is 0.0670. The number of benzene rings is 2. The van der Waals surface area contributed by atoms with Gasteiger partial charge in [-0.3, -0.25) is 9.59 Å². The third kappa shape index (κ3) is 6.06. The number of nitrogens with one attached hydrogen (secondary N) is 2. The normalized spacial score (nSPS) is 11.4. The molecule has 2 aromatic carbocycles. The van der Waals surface area contributed by atoms with Gasteiger partial charge in [0.15, 0.2) is 0 Å². The smallest absolute Gasteiger partial charge is 0.271 e. The monoisotopic (exact) mass is 335 g/mol. The highest BCUT2D eigenvalue weighted by atomic mass is 16.2. The fourth-order valence-electron chi connectivity index (χ4n) is 1.98. The van der Waals surface area contributed by atoms with Gasteiger partial charge in [-0.2, -0.15) is 5.10 Å². The largest absolute Gasteiger partial charge is 0.326 e. The summed E-state index contributed by atoms with van der Waals surface area (Å²) in [4.78, 5) is 23.4. The zero-order valence-corrected chi connectivity index (χ0v) is 14.3. The van der Waals surface area contributed by atoms with Gasteiger partial charge in [-0.15, -0.1) is 0 Å². The number of carbonyl (C=O) groups is 2. The Morgan fingerprint density at radius 2 is 1.72 bits per heavy atom. The topological polar surface area (TPSA) is 70.6 Å². The van der Waals surface area contributed by atoms with E-state index in [1.807, 2.05) is 49.4 Å². The van der Waals surface area contributed by atoms with Crippen LogP contribution in [0.4, 0.5) is 5.69 Å². The molecule has 0 aliphatic heterocycles. The first-order chi connectivity index (χ1) is 12.1. The van der Waals surface area contributed by atoms with Crippen molar-refractivity contribution in [2.75, 3.05) is 5.32 Å². The van der Waals surface area contributed by atoms with Crippen LogP contribution in [0.25, 0.3) is 6.08 Å². The van der Waals surface area contributed by atoms with Gasteiger partial charge in [0.1, 0.15) is 0 Å². The van der Waals surface area contributed by atoms with Crippen LogP contribution in [0.1, 0.15) is 36.2 Å².